The summed E-state index contributed by atoms with van der Waals surface area (Å²) in [5, 5.41) is 2.95. The second-order valence-electron chi connectivity index (χ2n) is 3.83. The highest BCUT2D eigenvalue weighted by molar-refractivity contribution is 5.98. The molecule has 0 spiro atoms. The van der Waals surface area contributed by atoms with Crippen molar-refractivity contribution in [1.82, 2.24) is 9.88 Å². The number of carbonyl (C=O) groups excluding carboxylic acids is 1. The van der Waals surface area contributed by atoms with E-state index in [4.69, 9.17) is 5.73 Å². The van der Waals surface area contributed by atoms with Gasteiger partial charge < -0.3 is 15.6 Å². The molecule has 1 aliphatic rings. The lowest BCUT2D eigenvalue weighted by atomic mass is 9.93. The van der Waals surface area contributed by atoms with Crippen LogP contribution < -0.4 is 11.1 Å². The van der Waals surface area contributed by atoms with E-state index in [1.165, 1.54) is 6.42 Å². The van der Waals surface area contributed by atoms with Crippen LogP contribution in [-0.2, 0) is 7.05 Å². The van der Waals surface area contributed by atoms with Crippen LogP contribution in [-0.4, -0.2) is 16.5 Å². The minimum Gasteiger partial charge on any atom is -0.384 e. The van der Waals surface area contributed by atoms with Crippen molar-refractivity contribution >= 4 is 11.7 Å². The van der Waals surface area contributed by atoms with E-state index in [0.29, 0.717) is 17.4 Å². The van der Waals surface area contributed by atoms with Crippen molar-refractivity contribution in [2.24, 2.45) is 7.05 Å². The van der Waals surface area contributed by atoms with E-state index >= 15 is 0 Å². The molecule has 76 valence electrons. The van der Waals surface area contributed by atoms with Crippen molar-refractivity contribution in [2.75, 3.05) is 5.73 Å². The zero-order chi connectivity index (χ0) is 10.1. The maximum Gasteiger partial charge on any atom is 0.255 e. The van der Waals surface area contributed by atoms with Crippen molar-refractivity contribution in [3.8, 4) is 0 Å². The van der Waals surface area contributed by atoms with E-state index in [2.05, 4.69) is 5.32 Å². The standard InChI is InChI=1S/C10H15N3O/c1-13-6-5-8(9(13)11)10(14)12-7-3-2-4-7/h5-7H,2-4,11H2,1H3,(H,12,14). The zero-order valence-electron chi connectivity index (χ0n) is 8.29. The molecule has 0 unspecified atom stereocenters. The summed E-state index contributed by atoms with van der Waals surface area (Å²) in [7, 11) is 1.83. The van der Waals surface area contributed by atoms with Gasteiger partial charge in [0.05, 0.1) is 5.56 Å². The third-order valence-corrected chi connectivity index (χ3v) is 2.81. The first-order valence-electron chi connectivity index (χ1n) is 4.90. The van der Waals surface area contributed by atoms with Crippen LogP contribution in [0.3, 0.4) is 0 Å². The lowest BCUT2D eigenvalue weighted by Crippen LogP contribution is -2.39. The van der Waals surface area contributed by atoms with Crippen LogP contribution >= 0.6 is 0 Å². The zero-order valence-corrected chi connectivity index (χ0v) is 8.29. The van der Waals surface area contributed by atoms with Crippen LogP contribution in [0.2, 0.25) is 0 Å². The number of carbonyl (C=O) groups is 1. The molecule has 2 rings (SSSR count). The molecule has 4 nitrogen and oxygen atoms in total. The molecule has 1 aliphatic carbocycles. The number of aryl methyl sites for hydroxylation is 1. The average molecular weight is 193 g/mol. The molecule has 0 atom stereocenters. The van der Waals surface area contributed by atoms with Gasteiger partial charge in [-0.1, -0.05) is 0 Å². The summed E-state index contributed by atoms with van der Waals surface area (Å²) in [6, 6.07) is 2.12. The molecule has 0 bridgehead atoms. The number of nitrogens with two attached hydrogens (primary N) is 1. The van der Waals surface area contributed by atoms with Crippen molar-refractivity contribution < 1.29 is 4.79 Å². The highest BCUT2D eigenvalue weighted by atomic mass is 16.1. The number of amides is 1. The van der Waals surface area contributed by atoms with Gasteiger partial charge in [-0.15, -0.1) is 0 Å². The van der Waals surface area contributed by atoms with E-state index in [0.717, 1.165) is 12.8 Å². The van der Waals surface area contributed by atoms with Gasteiger partial charge in [0.15, 0.2) is 0 Å². The van der Waals surface area contributed by atoms with Crippen molar-refractivity contribution in [1.29, 1.82) is 0 Å². The van der Waals surface area contributed by atoms with Gasteiger partial charge in [0, 0.05) is 19.3 Å². The average Bonchev–Trinajstić information content (AvgIpc) is 2.41. The van der Waals surface area contributed by atoms with Crippen LogP contribution in [0.4, 0.5) is 5.82 Å². The summed E-state index contributed by atoms with van der Waals surface area (Å²) in [6.45, 7) is 0. The van der Waals surface area contributed by atoms with Gasteiger partial charge >= 0.3 is 0 Å². The molecule has 1 amide bonds. The van der Waals surface area contributed by atoms with Crippen molar-refractivity contribution in [3.05, 3.63) is 17.8 Å². The summed E-state index contributed by atoms with van der Waals surface area (Å²) < 4.78 is 1.75. The Morgan fingerprint density at radius 3 is 2.79 bits per heavy atom. The lowest BCUT2D eigenvalue weighted by molar-refractivity contribution is 0.0918. The summed E-state index contributed by atoms with van der Waals surface area (Å²) in [6.07, 6.45) is 5.21. The third-order valence-electron chi connectivity index (χ3n) is 2.81. The predicted octanol–water partition coefficient (Wildman–Crippen LogP) is 0.890. The lowest BCUT2D eigenvalue weighted by Gasteiger charge is -2.26. The van der Waals surface area contributed by atoms with Gasteiger partial charge in [-0.3, -0.25) is 4.79 Å². The molecule has 3 N–H and O–H groups in total. The largest absolute Gasteiger partial charge is 0.384 e. The number of anilines is 1. The van der Waals surface area contributed by atoms with E-state index in [1.54, 1.807) is 16.8 Å². The molecular weight excluding hydrogens is 178 g/mol. The Balaban J connectivity index is 2.06. The van der Waals surface area contributed by atoms with Gasteiger partial charge in [-0.05, 0) is 25.3 Å². The normalized spacial score (nSPS) is 16.4. The number of rotatable bonds is 2. The number of hydrogen-bond acceptors (Lipinski definition) is 2. The minimum atomic E-state index is -0.0483. The Kier molecular flexibility index (Phi) is 2.19. The molecule has 1 aromatic heterocycles. The second-order valence-corrected chi connectivity index (χ2v) is 3.83. The summed E-state index contributed by atoms with van der Waals surface area (Å²) >= 11 is 0. The molecule has 0 aliphatic heterocycles. The number of nitrogens with zero attached hydrogens (tertiary/aromatic N) is 1. The molecule has 1 heterocycles. The summed E-state index contributed by atoms with van der Waals surface area (Å²) in [5.41, 5.74) is 6.32. The Hall–Kier alpha value is -1.45. The fourth-order valence-corrected chi connectivity index (χ4v) is 1.55. The van der Waals surface area contributed by atoms with Gasteiger partial charge in [0.25, 0.3) is 5.91 Å². The van der Waals surface area contributed by atoms with E-state index in [-0.39, 0.29) is 5.91 Å². The van der Waals surface area contributed by atoms with E-state index in [9.17, 15) is 4.79 Å². The fraction of sp³-hybridized carbons (Fsp3) is 0.500. The minimum absolute atomic E-state index is 0.0483. The maximum absolute atomic E-state index is 11.7. The highest BCUT2D eigenvalue weighted by Crippen LogP contribution is 2.19. The molecule has 1 saturated carbocycles. The quantitative estimate of drug-likeness (QED) is 0.732. The molecule has 1 aromatic rings. The monoisotopic (exact) mass is 193 g/mol. The van der Waals surface area contributed by atoms with Crippen molar-refractivity contribution in [2.45, 2.75) is 25.3 Å². The van der Waals surface area contributed by atoms with Gasteiger partial charge in [0.2, 0.25) is 0 Å². The highest BCUT2D eigenvalue weighted by Gasteiger charge is 2.21. The Labute approximate surface area is 83.1 Å². The number of hydrogen-bond donors (Lipinski definition) is 2. The third kappa shape index (κ3) is 1.47. The Bertz CT molecular complexity index is 352. The first kappa shape index (κ1) is 9.12. The Morgan fingerprint density at radius 2 is 2.36 bits per heavy atom. The molecule has 14 heavy (non-hydrogen) atoms. The van der Waals surface area contributed by atoms with Crippen LogP contribution in [0.15, 0.2) is 12.3 Å². The molecule has 4 heteroatoms. The smallest absolute Gasteiger partial charge is 0.255 e. The summed E-state index contributed by atoms with van der Waals surface area (Å²) in [4.78, 5) is 11.7. The van der Waals surface area contributed by atoms with E-state index < -0.39 is 0 Å². The SMILES string of the molecule is Cn1ccc(C(=O)NC2CCC2)c1N. The maximum atomic E-state index is 11.7. The molecular formula is C10H15N3O. The topological polar surface area (TPSA) is 60.0 Å². The van der Waals surface area contributed by atoms with Gasteiger partial charge in [0.1, 0.15) is 5.82 Å². The van der Waals surface area contributed by atoms with Crippen LogP contribution in [0.1, 0.15) is 29.6 Å². The molecule has 0 radical (unpaired) electrons. The second kappa shape index (κ2) is 3.36. The van der Waals surface area contributed by atoms with Gasteiger partial charge in [-0.25, -0.2) is 0 Å². The first-order valence-corrected chi connectivity index (χ1v) is 4.90. The number of nitrogen functional groups attached to an aromatic ring is 1. The van der Waals surface area contributed by atoms with Gasteiger partial charge in [-0.2, -0.15) is 0 Å². The van der Waals surface area contributed by atoms with Crippen LogP contribution in [0.5, 0.6) is 0 Å². The summed E-state index contributed by atoms with van der Waals surface area (Å²) in [5.74, 6) is 0.481. The number of aromatic nitrogens is 1. The fourth-order valence-electron chi connectivity index (χ4n) is 1.55. The number of nitrogens with one attached hydrogen (secondary N) is 1. The van der Waals surface area contributed by atoms with Crippen LogP contribution in [0.25, 0.3) is 0 Å². The molecule has 0 saturated heterocycles. The Morgan fingerprint density at radius 1 is 1.64 bits per heavy atom. The molecule has 1 fully saturated rings. The van der Waals surface area contributed by atoms with Crippen molar-refractivity contribution in [3.63, 3.8) is 0 Å². The van der Waals surface area contributed by atoms with Crippen LogP contribution in [0, 0.1) is 0 Å². The predicted molar refractivity (Wildman–Crippen MR) is 54.9 cm³/mol. The first-order chi connectivity index (χ1) is 6.68. The van der Waals surface area contributed by atoms with E-state index in [1.807, 2.05) is 7.05 Å². The molecule has 0 aromatic carbocycles.